The monoisotopic (exact) mass is 332 g/mol. The van der Waals surface area contributed by atoms with Gasteiger partial charge in [-0.3, -0.25) is 14.3 Å². The minimum absolute atomic E-state index is 0.00229. The van der Waals surface area contributed by atoms with Crippen LogP contribution in [-0.2, 0) is 13.5 Å². The lowest BCUT2D eigenvalue weighted by Gasteiger charge is -2.11. The Bertz CT molecular complexity index is 784. The second-order valence-electron chi connectivity index (χ2n) is 5.02. The first-order valence-corrected chi connectivity index (χ1v) is 7.44. The number of ether oxygens (including phenoxy) is 1. The zero-order valence-corrected chi connectivity index (χ0v) is 13.8. The van der Waals surface area contributed by atoms with Crippen LogP contribution in [0.25, 0.3) is 0 Å². The summed E-state index contributed by atoms with van der Waals surface area (Å²) in [6.07, 6.45) is 1.96. The van der Waals surface area contributed by atoms with Crippen LogP contribution in [0.15, 0.2) is 12.3 Å². The van der Waals surface area contributed by atoms with Gasteiger partial charge in [-0.2, -0.15) is 5.10 Å². The number of hydrogen-bond acceptors (Lipinski definition) is 6. The fraction of sp³-hybridized carbons (Fsp3) is 0.333. The van der Waals surface area contributed by atoms with E-state index in [1.807, 2.05) is 6.92 Å². The highest BCUT2D eigenvalue weighted by molar-refractivity contribution is 6.09. The molecular formula is C15H20N6O3. The Morgan fingerprint density at radius 3 is 2.67 bits per heavy atom. The van der Waals surface area contributed by atoms with Crippen molar-refractivity contribution in [2.24, 2.45) is 12.8 Å². The number of carbonyl (C=O) groups excluding carboxylic acids is 2. The fourth-order valence-electron chi connectivity index (χ4n) is 2.33. The molecule has 0 aliphatic heterocycles. The maximum atomic E-state index is 12.6. The highest BCUT2D eigenvalue weighted by Crippen LogP contribution is 2.24. The molecule has 2 aromatic rings. The highest BCUT2D eigenvalue weighted by atomic mass is 16.5. The largest absolute Gasteiger partial charge is 0.477 e. The van der Waals surface area contributed by atoms with Gasteiger partial charge in [0.05, 0.1) is 29.9 Å². The Kier molecular flexibility index (Phi) is 5.02. The molecule has 5 N–H and O–H groups in total. The summed E-state index contributed by atoms with van der Waals surface area (Å²) in [6.45, 7) is 4.00. The van der Waals surface area contributed by atoms with Gasteiger partial charge in [-0.1, -0.05) is 6.92 Å². The molecule has 0 aromatic carbocycles. The molecule has 9 nitrogen and oxygen atoms in total. The summed E-state index contributed by atoms with van der Waals surface area (Å²) in [5.41, 5.74) is 12.5. The van der Waals surface area contributed by atoms with Crippen LogP contribution >= 0.6 is 0 Å². The van der Waals surface area contributed by atoms with Crippen molar-refractivity contribution in [1.29, 1.82) is 0 Å². The third-order valence-corrected chi connectivity index (χ3v) is 3.37. The predicted molar refractivity (Wildman–Crippen MR) is 88.9 cm³/mol. The molecule has 0 atom stereocenters. The molecule has 0 radical (unpaired) electrons. The van der Waals surface area contributed by atoms with Crippen LogP contribution in [-0.4, -0.2) is 33.2 Å². The van der Waals surface area contributed by atoms with Gasteiger partial charge in [0.2, 0.25) is 5.88 Å². The molecule has 0 fully saturated rings. The molecule has 128 valence electrons. The Labute approximate surface area is 139 Å². The number of carbonyl (C=O) groups is 2. The van der Waals surface area contributed by atoms with Crippen molar-refractivity contribution in [2.75, 3.05) is 17.7 Å². The zero-order chi connectivity index (χ0) is 17.9. The quantitative estimate of drug-likeness (QED) is 0.712. The topological polar surface area (TPSA) is 138 Å². The first kappa shape index (κ1) is 17.3. The molecule has 0 saturated heterocycles. The third kappa shape index (κ3) is 3.29. The van der Waals surface area contributed by atoms with E-state index < -0.39 is 11.8 Å². The first-order valence-electron chi connectivity index (χ1n) is 7.44. The van der Waals surface area contributed by atoms with Gasteiger partial charge in [0.25, 0.3) is 11.8 Å². The Morgan fingerprint density at radius 1 is 1.38 bits per heavy atom. The summed E-state index contributed by atoms with van der Waals surface area (Å²) in [7, 11) is 1.68. The molecule has 0 bridgehead atoms. The van der Waals surface area contributed by atoms with Crippen LogP contribution in [0.5, 0.6) is 5.88 Å². The lowest BCUT2D eigenvalue weighted by molar-refractivity contribution is 0.0995. The number of rotatable bonds is 6. The van der Waals surface area contributed by atoms with Crippen LogP contribution in [0.3, 0.4) is 0 Å². The van der Waals surface area contributed by atoms with Crippen LogP contribution in [0.1, 0.15) is 40.4 Å². The highest BCUT2D eigenvalue weighted by Gasteiger charge is 2.23. The van der Waals surface area contributed by atoms with Crippen molar-refractivity contribution in [2.45, 2.75) is 20.3 Å². The summed E-state index contributed by atoms with van der Waals surface area (Å²) >= 11 is 0. The van der Waals surface area contributed by atoms with E-state index in [-0.39, 0.29) is 22.8 Å². The number of amides is 2. The molecule has 0 aliphatic carbocycles. The molecule has 24 heavy (non-hydrogen) atoms. The van der Waals surface area contributed by atoms with Crippen LogP contribution < -0.4 is 21.5 Å². The smallest absolute Gasteiger partial charge is 0.271 e. The van der Waals surface area contributed by atoms with E-state index >= 15 is 0 Å². The van der Waals surface area contributed by atoms with Gasteiger partial charge in [-0.15, -0.1) is 0 Å². The second kappa shape index (κ2) is 6.99. The second-order valence-corrected chi connectivity index (χ2v) is 5.02. The average molecular weight is 332 g/mol. The van der Waals surface area contributed by atoms with Crippen molar-refractivity contribution in [3.8, 4) is 5.88 Å². The van der Waals surface area contributed by atoms with E-state index in [9.17, 15) is 9.59 Å². The minimum atomic E-state index is -0.726. The van der Waals surface area contributed by atoms with Gasteiger partial charge >= 0.3 is 0 Å². The first-order chi connectivity index (χ1) is 11.4. The number of pyridine rings is 1. The van der Waals surface area contributed by atoms with E-state index in [0.717, 1.165) is 0 Å². The molecule has 2 rings (SSSR count). The minimum Gasteiger partial charge on any atom is -0.477 e. The predicted octanol–water partition coefficient (Wildman–Crippen LogP) is 0.710. The zero-order valence-electron chi connectivity index (χ0n) is 13.8. The van der Waals surface area contributed by atoms with Crippen molar-refractivity contribution >= 4 is 23.2 Å². The van der Waals surface area contributed by atoms with Gasteiger partial charge < -0.3 is 21.5 Å². The van der Waals surface area contributed by atoms with Gasteiger partial charge in [-0.05, 0) is 19.4 Å². The molecule has 2 aromatic heterocycles. The lowest BCUT2D eigenvalue weighted by Crippen LogP contribution is -2.19. The summed E-state index contributed by atoms with van der Waals surface area (Å²) in [5.74, 6) is -1.08. The molecule has 2 heterocycles. The van der Waals surface area contributed by atoms with Crippen LogP contribution in [0.2, 0.25) is 0 Å². The normalized spacial score (nSPS) is 10.5. The number of hydrogen-bond donors (Lipinski definition) is 3. The van der Waals surface area contributed by atoms with E-state index in [0.29, 0.717) is 24.4 Å². The van der Waals surface area contributed by atoms with Crippen molar-refractivity contribution in [3.05, 3.63) is 29.2 Å². The van der Waals surface area contributed by atoms with E-state index in [2.05, 4.69) is 15.4 Å². The number of aryl methyl sites for hydroxylation is 1. The summed E-state index contributed by atoms with van der Waals surface area (Å²) in [6, 6.07) is 1.46. The average Bonchev–Trinajstić information content (AvgIpc) is 2.85. The summed E-state index contributed by atoms with van der Waals surface area (Å²) in [4.78, 5) is 28.2. The van der Waals surface area contributed by atoms with E-state index in [4.69, 9.17) is 16.2 Å². The molecule has 0 saturated carbocycles. The number of anilines is 2. The third-order valence-electron chi connectivity index (χ3n) is 3.37. The van der Waals surface area contributed by atoms with Gasteiger partial charge in [-0.25, -0.2) is 4.98 Å². The number of aromatic nitrogens is 3. The Morgan fingerprint density at radius 2 is 2.08 bits per heavy atom. The van der Waals surface area contributed by atoms with Crippen molar-refractivity contribution in [1.82, 2.24) is 14.8 Å². The van der Waals surface area contributed by atoms with Crippen molar-refractivity contribution in [3.63, 3.8) is 0 Å². The van der Waals surface area contributed by atoms with Crippen LogP contribution in [0, 0.1) is 0 Å². The maximum Gasteiger partial charge on any atom is 0.271 e. The SMILES string of the molecule is CCOc1ncc(N)cc1C(=O)Nc1c(C(N)=O)nn(C)c1CC. The van der Waals surface area contributed by atoms with Gasteiger partial charge in [0, 0.05) is 7.05 Å². The molecule has 9 heteroatoms. The molecule has 0 aliphatic rings. The van der Waals surface area contributed by atoms with E-state index in [1.165, 1.54) is 16.9 Å². The molecular weight excluding hydrogens is 312 g/mol. The lowest BCUT2D eigenvalue weighted by atomic mass is 10.2. The Balaban J connectivity index is 2.44. The molecule has 2 amide bonds. The van der Waals surface area contributed by atoms with Crippen molar-refractivity contribution < 1.29 is 14.3 Å². The van der Waals surface area contributed by atoms with Gasteiger partial charge in [0.1, 0.15) is 5.56 Å². The number of nitrogens with one attached hydrogen (secondary N) is 1. The fourth-order valence-corrected chi connectivity index (χ4v) is 2.33. The Hall–Kier alpha value is -3.10. The standard InChI is InChI=1S/C15H20N6O3/c1-4-10-11(12(13(17)22)20-21(10)3)19-14(23)9-6-8(16)7-18-15(9)24-5-2/h6-7H,4-5,16H2,1-3H3,(H2,17,22)(H,19,23). The molecule has 0 spiro atoms. The number of nitrogen functional groups attached to an aromatic ring is 1. The van der Waals surface area contributed by atoms with E-state index in [1.54, 1.807) is 14.0 Å². The summed E-state index contributed by atoms with van der Waals surface area (Å²) in [5, 5.41) is 6.74. The summed E-state index contributed by atoms with van der Waals surface area (Å²) < 4.78 is 6.86. The number of nitrogens with zero attached hydrogens (tertiary/aromatic N) is 3. The van der Waals surface area contributed by atoms with Crippen LogP contribution in [0.4, 0.5) is 11.4 Å². The van der Waals surface area contributed by atoms with Gasteiger partial charge in [0.15, 0.2) is 5.69 Å². The number of primary amides is 1. The molecule has 0 unspecified atom stereocenters. The number of nitrogens with two attached hydrogens (primary N) is 2. The maximum absolute atomic E-state index is 12.6.